The molecule has 0 atom stereocenters. The minimum atomic E-state index is -0.407. The molecular weight excluding hydrogens is 274 g/mol. The topological polar surface area (TPSA) is 9.23 Å². The summed E-state index contributed by atoms with van der Waals surface area (Å²) in [6.45, 7) is 0.275. The van der Waals surface area contributed by atoms with Gasteiger partial charge in [0, 0.05) is 10.9 Å². The van der Waals surface area contributed by atoms with Gasteiger partial charge in [0.1, 0.15) is 6.61 Å². The number of benzene rings is 2. The summed E-state index contributed by atoms with van der Waals surface area (Å²) in [6.07, 6.45) is 0. The lowest BCUT2D eigenvalue weighted by molar-refractivity contribution is 0.290. The molecule has 0 aliphatic rings. The van der Waals surface area contributed by atoms with Crippen LogP contribution < -0.4 is 4.74 Å². The molecule has 0 aliphatic carbocycles. The second-order valence-electron chi connectivity index (χ2n) is 3.82. The van der Waals surface area contributed by atoms with Crippen LogP contribution in [0.5, 0.6) is 5.75 Å². The monoisotopic (exact) mass is 284 g/mol. The van der Waals surface area contributed by atoms with Gasteiger partial charge in [0.05, 0.1) is 0 Å². The molecule has 2 aromatic carbocycles. The van der Waals surface area contributed by atoms with Crippen LogP contribution in [-0.4, -0.2) is 0 Å². The van der Waals surface area contributed by atoms with Crippen LogP contribution in [0, 0.1) is 5.82 Å². The van der Waals surface area contributed by atoms with Crippen LogP contribution in [0.3, 0.4) is 0 Å². The summed E-state index contributed by atoms with van der Waals surface area (Å²) >= 11 is 11.5. The molecule has 2 rings (SSSR count). The summed E-state index contributed by atoms with van der Waals surface area (Å²) in [7, 11) is 0. The van der Waals surface area contributed by atoms with Crippen LogP contribution in [-0.2, 0) is 12.5 Å². The first-order valence-corrected chi connectivity index (χ1v) is 6.32. The predicted octanol–water partition coefficient (Wildman–Crippen LogP) is 4.80. The van der Waals surface area contributed by atoms with Crippen molar-refractivity contribution in [1.82, 2.24) is 0 Å². The Morgan fingerprint density at radius 3 is 2.56 bits per heavy atom. The lowest BCUT2D eigenvalue weighted by Crippen LogP contribution is -1.97. The highest BCUT2D eigenvalue weighted by molar-refractivity contribution is 6.30. The molecule has 94 valence electrons. The number of alkyl halides is 1. The molecule has 0 saturated carbocycles. The smallest absolute Gasteiger partial charge is 0.165 e. The third kappa shape index (κ3) is 3.37. The van der Waals surface area contributed by atoms with Crippen molar-refractivity contribution in [2.24, 2.45) is 0 Å². The van der Waals surface area contributed by atoms with E-state index in [9.17, 15) is 4.39 Å². The Hall–Kier alpha value is -1.25. The van der Waals surface area contributed by atoms with Crippen LogP contribution in [0.2, 0.25) is 5.02 Å². The van der Waals surface area contributed by atoms with Gasteiger partial charge in [0.15, 0.2) is 11.6 Å². The lowest BCUT2D eigenvalue weighted by Gasteiger charge is -2.08. The van der Waals surface area contributed by atoms with Crippen LogP contribution in [0.15, 0.2) is 42.5 Å². The number of hydrogen-bond acceptors (Lipinski definition) is 1. The van der Waals surface area contributed by atoms with E-state index < -0.39 is 5.82 Å². The zero-order valence-corrected chi connectivity index (χ0v) is 11.0. The van der Waals surface area contributed by atoms with Crippen molar-refractivity contribution in [1.29, 1.82) is 0 Å². The fraction of sp³-hybridized carbons (Fsp3) is 0.143. The maximum atomic E-state index is 13.6. The molecule has 0 aromatic heterocycles. The molecular formula is C14H11Cl2FO. The summed E-state index contributed by atoms with van der Waals surface area (Å²) in [5, 5.41) is 0.633. The number of halogens is 3. The summed E-state index contributed by atoms with van der Waals surface area (Å²) < 4.78 is 19.0. The van der Waals surface area contributed by atoms with E-state index in [4.69, 9.17) is 27.9 Å². The predicted molar refractivity (Wildman–Crippen MR) is 71.7 cm³/mol. The summed E-state index contributed by atoms with van der Waals surface area (Å²) in [5.41, 5.74) is 1.62. The summed E-state index contributed by atoms with van der Waals surface area (Å²) in [6, 6.07) is 12.0. The second-order valence-corrected chi connectivity index (χ2v) is 4.52. The molecule has 1 nitrogen and oxygen atoms in total. The van der Waals surface area contributed by atoms with E-state index in [-0.39, 0.29) is 18.2 Å². The maximum absolute atomic E-state index is 13.6. The SMILES string of the molecule is Fc1cc(CCl)ccc1OCc1cccc(Cl)c1. The Kier molecular flexibility index (Phi) is 4.45. The van der Waals surface area contributed by atoms with E-state index in [0.29, 0.717) is 5.02 Å². The number of rotatable bonds is 4. The highest BCUT2D eigenvalue weighted by Gasteiger charge is 2.05. The molecule has 18 heavy (non-hydrogen) atoms. The molecule has 2 aromatic rings. The minimum absolute atomic E-state index is 0.212. The van der Waals surface area contributed by atoms with Crippen LogP contribution >= 0.6 is 23.2 Å². The van der Waals surface area contributed by atoms with Crippen molar-refractivity contribution in [3.05, 3.63) is 64.4 Å². The van der Waals surface area contributed by atoms with E-state index in [2.05, 4.69) is 0 Å². The molecule has 0 heterocycles. The standard InChI is InChI=1S/C14H11Cl2FO/c15-8-10-4-5-14(13(17)7-10)18-9-11-2-1-3-12(16)6-11/h1-7H,8-9H2. The van der Waals surface area contributed by atoms with Crippen LogP contribution in [0.4, 0.5) is 4.39 Å². The first kappa shape index (κ1) is 13.2. The van der Waals surface area contributed by atoms with E-state index in [0.717, 1.165) is 11.1 Å². The zero-order valence-electron chi connectivity index (χ0n) is 9.50. The second kappa shape index (κ2) is 6.07. The van der Waals surface area contributed by atoms with Crippen molar-refractivity contribution in [3.8, 4) is 5.75 Å². The minimum Gasteiger partial charge on any atom is -0.486 e. The molecule has 0 radical (unpaired) electrons. The Balaban J connectivity index is 2.06. The first-order chi connectivity index (χ1) is 8.69. The van der Waals surface area contributed by atoms with Gasteiger partial charge in [-0.15, -0.1) is 11.6 Å². The molecule has 0 bridgehead atoms. The van der Waals surface area contributed by atoms with Gasteiger partial charge in [-0.05, 0) is 35.4 Å². The first-order valence-electron chi connectivity index (χ1n) is 5.40. The van der Waals surface area contributed by atoms with E-state index in [1.165, 1.54) is 6.07 Å². The molecule has 0 saturated heterocycles. The molecule has 0 amide bonds. The van der Waals surface area contributed by atoms with Crippen LogP contribution in [0.1, 0.15) is 11.1 Å². The van der Waals surface area contributed by atoms with Gasteiger partial charge in [0.2, 0.25) is 0 Å². The third-order valence-electron chi connectivity index (χ3n) is 2.43. The van der Waals surface area contributed by atoms with E-state index in [1.54, 1.807) is 24.3 Å². The van der Waals surface area contributed by atoms with Gasteiger partial charge in [-0.2, -0.15) is 0 Å². The Labute approximate surface area is 115 Å². The van der Waals surface area contributed by atoms with Gasteiger partial charge in [-0.1, -0.05) is 29.8 Å². The van der Waals surface area contributed by atoms with Crippen molar-refractivity contribution < 1.29 is 9.13 Å². The highest BCUT2D eigenvalue weighted by Crippen LogP contribution is 2.21. The Morgan fingerprint density at radius 2 is 1.89 bits per heavy atom. The maximum Gasteiger partial charge on any atom is 0.165 e. The van der Waals surface area contributed by atoms with Gasteiger partial charge in [0.25, 0.3) is 0 Å². The van der Waals surface area contributed by atoms with E-state index >= 15 is 0 Å². The summed E-state index contributed by atoms with van der Waals surface area (Å²) in [4.78, 5) is 0. The average Bonchev–Trinajstić information content (AvgIpc) is 2.37. The molecule has 0 fully saturated rings. The van der Waals surface area contributed by atoms with Gasteiger partial charge < -0.3 is 4.74 Å². The highest BCUT2D eigenvalue weighted by atomic mass is 35.5. The quantitative estimate of drug-likeness (QED) is 0.733. The normalized spacial score (nSPS) is 10.4. The van der Waals surface area contributed by atoms with Gasteiger partial charge in [-0.3, -0.25) is 0 Å². The molecule has 0 N–H and O–H groups in total. The summed E-state index contributed by atoms with van der Waals surface area (Å²) in [5.74, 6) is 0.0879. The molecule has 0 spiro atoms. The molecule has 0 aliphatic heterocycles. The van der Waals surface area contributed by atoms with Crippen molar-refractivity contribution in [3.63, 3.8) is 0 Å². The fourth-order valence-corrected chi connectivity index (χ4v) is 1.91. The largest absolute Gasteiger partial charge is 0.486 e. The molecule has 4 heteroatoms. The van der Waals surface area contributed by atoms with Gasteiger partial charge in [-0.25, -0.2) is 4.39 Å². The fourth-order valence-electron chi connectivity index (χ4n) is 1.53. The Bertz CT molecular complexity index is 543. The van der Waals surface area contributed by atoms with Crippen molar-refractivity contribution in [2.45, 2.75) is 12.5 Å². The van der Waals surface area contributed by atoms with E-state index in [1.807, 2.05) is 12.1 Å². The zero-order chi connectivity index (χ0) is 13.0. The number of hydrogen-bond donors (Lipinski definition) is 0. The number of ether oxygens (including phenoxy) is 1. The van der Waals surface area contributed by atoms with Crippen molar-refractivity contribution in [2.75, 3.05) is 0 Å². The van der Waals surface area contributed by atoms with Crippen LogP contribution in [0.25, 0.3) is 0 Å². The lowest BCUT2D eigenvalue weighted by atomic mass is 10.2. The van der Waals surface area contributed by atoms with Crippen molar-refractivity contribution >= 4 is 23.2 Å². The average molecular weight is 285 g/mol. The Morgan fingerprint density at radius 1 is 1.06 bits per heavy atom. The van der Waals surface area contributed by atoms with Gasteiger partial charge >= 0.3 is 0 Å². The molecule has 0 unspecified atom stereocenters. The third-order valence-corrected chi connectivity index (χ3v) is 2.98.